The second kappa shape index (κ2) is 8.39. The fraction of sp³-hybridized carbons (Fsp3) is 0.833. The minimum absolute atomic E-state index is 0.00626. The smallest absolute Gasteiger partial charge is 0.307 e. The molecule has 0 aliphatic heterocycles. The molecule has 5 heteroatoms. The van der Waals surface area contributed by atoms with E-state index in [4.69, 9.17) is 5.11 Å². The molecule has 0 aliphatic carbocycles. The molecule has 0 aliphatic rings. The predicted molar refractivity (Wildman–Crippen MR) is 71.2 cm³/mol. The highest BCUT2D eigenvalue weighted by molar-refractivity contribution is 8.00. The van der Waals surface area contributed by atoms with Gasteiger partial charge in [-0.3, -0.25) is 9.59 Å². The van der Waals surface area contributed by atoms with E-state index in [0.29, 0.717) is 18.2 Å². The molecule has 0 aromatic heterocycles. The third-order valence-corrected chi connectivity index (χ3v) is 3.81. The highest BCUT2D eigenvalue weighted by Gasteiger charge is 2.17. The first-order valence-corrected chi connectivity index (χ1v) is 7.01. The summed E-state index contributed by atoms with van der Waals surface area (Å²) >= 11 is 1.39. The van der Waals surface area contributed by atoms with Gasteiger partial charge in [0.25, 0.3) is 0 Å². The molecule has 2 atom stereocenters. The molecule has 0 fully saturated rings. The van der Waals surface area contributed by atoms with Crippen LogP contribution >= 0.6 is 11.8 Å². The number of amides is 1. The summed E-state index contributed by atoms with van der Waals surface area (Å²) < 4.78 is 0. The fourth-order valence-electron chi connectivity index (χ4n) is 1.06. The number of thioether (sulfide) groups is 1. The first-order valence-electron chi connectivity index (χ1n) is 5.96. The Bertz CT molecular complexity index is 256. The Labute approximate surface area is 108 Å². The van der Waals surface area contributed by atoms with Gasteiger partial charge in [0, 0.05) is 12.3 Å². The molecule has 2 unspecified atom stereocenters. The van der Waals surface area contributed by atoms with E-state index in [1.807, 2.05) is 6.92 Å². The van der Waals surface area contributed by atoms with Crippen LogP contribution in [0.3, 0.4) is 0 Å². The van der Waals surface area contributed by atoms with Crippen LogP contribution in [-0.2, 0) is 9.59 Å². The molecule has 17 heavy (non-hydrogen) atoms. The Balaban J connectivity index is 3.78. The number of carboxylic acids is 1. The van der Waals surface area contributed by atoms with Gasteiger partial charge in [-0.2, -0.15) is 0 Å². The van der Waals surface area contributed by atoms with Crippen LogP contribution in [0.1, 0.15) is 34.1 Å². The number of rotatable bonds is 8. The lowest BCUT2D eigenvalue weighted by Crippen LogP contribution is -2.32. The van der Waals surface area contributed by atoms with Crippen LogP contribution in [0.15, 0.2) is 0 Å². The van der Waals surface area contributed by atoms with Crippen molar-refractivity contribution < 1.29 is 14.7 Å². The molecule has 4 nitrogen and oxygen atoms in total. The van der Waals surface area contributed by atoms with E-state index in [1.165, 1.54) is 11.8 Å². The quantitative estimate of drug-likeness (QED) is 0.701. The predicted octanol–water partition coefficient (Wildman–Crippen LogP) is 1.99. The van der Waals surface area contributed by atoms with E-state index in [9.17, 15) is 9.59 Å². The topological polar surface area (TPSA) is 66.4 Å². The Morgan fingerprint density at radius 2 is 1.82 bits per heavy atom. The van der Waals surface area contributed by atoms with Crippen LogP contribution in [0, 0.1) is 11.8 Å². The second-order valence-corrected chi connectivity index (χ2v) is 6.06. The summed E-state index contributed by atoms with van der Waals surface area (Å²) in [5, 5.41) is 11.4. The molecule has 100 valence electrons. The number of carbonyl (C=O) groups is 2. The summed E-state index contributed by atoms with van der Waals surface area (Å²) in [7, 11) is 0. The Morgan fingerprint density at radius 1 is 1.24 bits per heavy atom. The molecule has 1 amide bonds. The van der Waals surface area contributed by atoms with Crippen molar-refractivity contribution in [1.82, 2.24) is 5.32 Å². The molecule has 0 aromatic carbocycles. The molecular formula is C12H23NO3S. The van der Waals surface area contributed by atoms with E-state index >= 15 is 0 Å². The van der Waals surface area contributed by atoms with Gasteiger partial charge in [0.2, 0.25) is 5.91 Å². The summed E-state index contributed by atoms with van der Waals surface area (Å²) in [4.78, 5) is 22.2. The van der Waals surface area contributed by atoms with Crippen molar-refractivity contribution in [3.8, 4) is 0 Å². The highest BCUT2D eigenvalue weighted by atomic mass is 32.2. The minimum atomic E-state index is -0.815. The monoisotopic (exact) mass is 261 g/mol. The van der Waals surface area contributed by atoms with E-state index < -0.39 is 11.9 Å². The van der Waals surface area contributed by atoms with Crippen molar-refractivity contribution in [3.63, 3.8) is 0 Å². The number of aliphatic carboxylic acids is 1. The molecule has 0 bridgehead atoms. The Kier molecular flexibility index (Phi) is 8.04. The summed E-state index contributed by atoms with van der Waals surface area (Å²) in [5.74, 6) is -0.192. The summed E-state index contributed by atoms with van der Waals surface area (Å²) in [6.45, 7) is 8.37. The SMILES string of the molecule is CC(C)CCNC(=O)C(C)SCC(C)C(=O)O. The zero-order valence-corrected chi connectivity index (χ0v) is 11.8. The zero-order valence-electron chi connectivity index (χ0n) is 11.0. The minimum Gasteiger partial charge on any atom is -0.481 e. The molecule has 0 saturated carbocycles. The largest absolute Gasteiger partial charge is 0.481 e. The van der Waals surface area contributed by atoms with Gasteiger partial charge in [0.05, 0.1) is 11.2 Å². The van der Waals surface area contributed by atoms with Crippen LogP contribution in [0.25, 0.3) is 0 Å². The van der Waals surface area contributed by atoms with Gasteiger partial charge in [0.1, 0.15) is 0 Å². The molecule has 0 rings (SSSR count). The van der Waals surface area contributed by atoms with Gasteiger partial charge in [-0.05, 0) is 19.3 Å². The van der Waals surface area contributed by atoms with Gasteiger partial charge >= 0.3 is 5.97 Å². The number of hydrogen-bond donors (Lipinski definition) is 2. The Morgan fingerprint density at radius 3 is 2.29 bits per heavy atom. The molecule has 0 radical (unpaired) electrons. The fourth-order valence-corrected chi connectivity index (χ4v) is 2.02. The normalized spacial score (nSPS) is 14.4. The van der Waals surface area contributed by atoms with Gasteiger partial charge in [-0.25, -0.2) is 0 Å². The number of carboxylic acid groups (broad SMARTS) is 1. The van der Waals surface area contributed by atoms with E-state index in [-0.39, 0.29) is 11.2 Å². The third-order valence-electron chi connectivity index (χ3n) is 2.41. The summed E-state index contributed by atoms with van der Waals surface area (Å²) in [6, 6.07) is 0. The van der Waals surface area contributed by atoms with Gasteiger partial charge in [-0.15, -0.1) is 11.8 Å². The van der Waals surface area contributed by atoms with Crippen molar-refractivity contribution in [1.29, 1.82) is 0 Å². The summed E-state index contributed by atoms with van der Waals surface area (Å²) in [5.41, 5.74) is 0. The van der Waals surface area contributed by atoms with Gasteiger partial charge in [-0.1, -0.05) is 20.8 Å². The maximum absolute atomic E-state index is 11.6. The van der Waals surface area contributed by atoms with Crippen LogP contribution in [-0.4, -0.2) is 34.5 Å². The van der Waals surface area contributed by atoms with Crippen molar-refractivity contribution in [2.24, 2.45) is 11.8 Å². The van der Waals surface area contributed by atoms with Crippen LogP contribution < -0.4 is 5.32 Å². The lowest BCUT2D eigenvalue weighted by Gasteiger charge is -2.14. The van der Waals surface area contributed by atoms with E-state index in [0.717, 1.165) is 6.42 Å². The molecule has 2 N–H and O–H groups in total. The summed E-state index contributed by atoms with van der Waals surface area (Å²) in [6.07, 6.45) is 0.967. The van der Waals surface area contributed by atoms with Crippen molar-refractivity contribution >= 4 is 23.6 Å². The van der Waals surface area contributed by atoms with Gasteiger partial charge in [0.15, 0.2) is 0 Å². The number of hydrogen-bond acceptors (Lipinski definition) is 3. The van der Waals surface area contributed by atoms with Gasteiger partial charge < -0.3 is 10.4 Å². The molecule has 0 aromatic rings. The first kappa shape index (κ1) is 16.3. The number of nitrogens with one attached hydrogen (secondary N) is 1. The van der Waals surface area contributed by atoms with E-state index in [1.54, 1.807) is 6.92 Å². The zero-order chi connectivity index (χ0) is 13.4. The maximum atomic E-state index is 11.6. The second-order valence-electron chi connectivity index (χ2n) is 4.69. The average molecular weight is 261 g/mol. The molecule has 0 heterocycles. The lowest BCUT2D eigenvalue weighted by molar-refractivity contribution is -0.140. The van der Waals surface area contributed by atoms with Crippen molar-refractivity contribution in [2.45, 2.75) is 39.4 Å². The Hall–Kier alpha value is -0.710. The third kappa shape index (κ3) is 8.07. The van der Waals surface area contributed by atoms with Crippen molar-refractivity contribution in [2.75, 3.05) is 12.3 Å². The van der Waals surface area contributed by atoms with E-state index in [2.05, 4.69) is 19.2 Å². The molecular weight excluding hydrogens is 238 g/mol. The van der Waals surface area contributed by atoms with Crippen LogP contribution in [0.5, 0.6) is 0 Å². The maximum Gasteiger partial charge on any atom is 0.307 e. The molecule has 0 spiro atoms. The van der Waals surface area contributed by atoms with Crippen LogP contribution in [0.4, 0.5) is 0 Å². The molecule has 0 saturated heterocycles. The first-order chi connectivity index (χ1) is 7.84. The lowest BCUT2D eigenvalue weighted by atomic mass is 10.1. The van der Waals surface area contributed by atoms with Crippen molar-refractivity contribution in [3.05, 3.63) is 0 Å². The number of carbonyl (C=O) groups excluding carboxylic acids is 1. The average Bonchev–Trinajstić information content (AvgIpc) is 2.24. The standard InChI is InChI=1S/C12H23NO3S/c1-8(2)5-6-13-11(14)10(4)17-7-9(3)12(15)16/h8-10H,5-7H2,1-4H3,(H,13,14)(H,15,16). The highest BCUT2D eigenvalue weighted by Crippen LogP contribution is 2.15. The van der Waals surface area contributed by atoms with Crippen LogP contribution in [0.2, 0.25) is 0 Å².